The van der Waals surface area contributed by atoms with Gasteiger partial charge >= 0.3 is 0 Å². The average Bonchev–Trinajstić information content (AvgIpc) is 3.16. The standard InChI is InChI=1S/C18H22BrNS/c1-2-20-17(16-15(19)10-13-21-16)18(11-6-7-12-18)14-8-4-3-5-9-14/h3-5,8-10,13,17,20H,2,6-7,11-12H2,1H3. The number of hydrogen-bond donors (Lipinski definition) is 1. The van der Waals surface area contributed by atoms with Crippen molar-refractivity contribution in [2.75, 3.05) is 6.54 Å². The second kappa shape index (κ2) is 6.64. The molecule has 0 radical (unpaired) electrons. The molecule has 1 saturated carbocycles. The van der Waals surface area contributed by atoms with E-state index in [-0.39, 0.29) is 5.41 Å². The maximum atomic E-state index is 3.79. The van der Waals surface area contributed by atoms with Crippen molar-refractivity contribution in [3.8, 4) is 0 Å². The van der Waals surface area contributed by atoms with Gasteiger partial charge < -0.3 is 5.32 Å². The minimum Gasteiger partial charge on any atom is -0.309 e. The molecule has 1 atom stereocenters. The van der Waals surface area contributed by atoms with E-state index in [1.807, 2.05) is 11.3 Å². The Morgan fingerprint density at radius 2 is 1.90 bits per heavy atom. The van der Waals surface area contributed by atoms with Crippen LogP contribution >= 0.6 is 27.3 Å². The van der Waals surface area contributed by atoms with Crippen molar-refractivity contribution in [1.82, 2.24) is 5.32 Å². The molecule has 21 heavy (non-hydrogen) atoms. The van der Waals surface area contributed by atoms with Crippen molar-refractivity contribution >= 4 is 27.3 Å². The van der Waals surface area contributed by atoms with E-state index in [1.54, 1.807) is 0 Å². The molecule has 1 nitrogen and oxygen atoms in total. The Kier molecular flexibility index (Phi) is 4.82. The fourth-order valence-corrected chi connectivity index (χ4v) is 5.57. The first kappa shape index (κ1) is 15.3. The number of hydrogen-bond acceptors (Lipinski definition) is 2. The van der Waals surface area contributed by atoms with E-state index in [2.05, 4.69) is 69.9 Å². The normalized spacial score (nSPS) is 18.8. The van der Waals surface area contributed by atoms with Crippen LogP contribution in [0.2, 0.25) is 0 Å². The number of nitrogens with one attached hydrogen (secondary N) is 1. The molecule has 112 valence electrons. The number of benzene rings is 1. The van der Waals surface area contributed by atoms with Gasteiger partial charge in [-0.25, -0.2) is 0 Å². The van der Waals surface area contributed by atoms with Gasteiger partial charge in [0.2, 0.25) is 0 Å². The largest absolute Gasteiger partial charge is 0.309 e. The summed E-state index contributed by atoms with van der Waals surface area (Å²) in [4.78, 5) is 1.45. The third-order valence-electron chi connectivity index (χ3n) is 4.71. The molecule has 1 aromatic heterocycles. The summed E-state index contributed by atoms with van der Waals surface area (Å²) < 4.78 is 1.25. The van der Waals surface area contributed by atoms with Crippen molar-refractivity contribution in [3.05, 3.63) is 56.7 Å². The van der Waals surface area contributed by atoms with Crippen LogP contribution in [0.15, 0.2) is 46.3 Å². The molecule has 1 N–H and O–H groups in total. The Bertz CT molecular complexity index is 572. The van der Waals surface area contributed by atoms with Crippen LogP contribution in [0, 0.1) is 0 Å². The van der Waals surface area contributed by atoms with Crippen molar-refractivity contribution in [2.45, 2.75) is 44.1 Å². The molecule has 1 heterocycles. The molecule has 1 aliphatic carbocycles. The lowest BCUT2D eigenvalue weighted by atomic mass is 9.72. The molecule has 0 bridgehead atoms. The van der Waals surface area contributed by atoms with Crippen LogP contribution in [0.4, 0.5) is 0 Å². The Morgan fingerprint density at radius 3 is 2.48 bits per heavy atom. The number of halogens is 1. The predicted molar refractivity (Wildman–Crippen MR) is 95.0 cm³/mol. The summed E-state index contributed by atoms with van der Waals surface area (Å²) in [5.41, 5.74) is 1.73. The van der Waals surface area contributed by atoms with Gasteiger partial charge in [0.05, 0.1) is 6.04 Å². The van der Waals surface area contributed by atoms with Crippen LogP contribution in [0.25, 0.3) is 0 Å². The van der Waals surface area contributed by atoms with Crippen LogP contribution in [-0.4, -0.2) is 6.54 Å². The Balaban J connectivity index is 2.07. The van der Waals surface area contributed by atoms with Crippen LogP contribution in [-0.2, 0) is 5.41 Å². The molecular weight excluding hydrogens is 342 g/mol. The third kappa shape index (κ3) is 2.84. The SMILES string of the molecule is CCNC(c1sccc1Br)C1(c2ccccc2)CCCC1. The first-order chi connectivity index (χ1) is 10.3. The van der Waals surface area contributed by atoms with Gasteiger partial charge in [-0.15, -0.1) is 11.3 Å². The Morgan fingerprint density at radius 1 is 1.19 bits per heavy atom. The topological polar surface area (TPSA) is 12.0 Å². The molecule has 0 saturated heterocycles. The maximum absolute atomic E-state index is 3.79. The summed E-state index contributed by atoms with van der Waals surface area (Å²) in [6.07, 6.45) is 5.22. The summed E-state index contributed by atoms with van der Waals surface area (Å²) in [6.45, 7) is 3.21. The van der Waals surface area contributed by atoms with Crippen LogP contribution in [0.3, 0.4) is 0 Å². The van der Waals surface area contributed by atoms with Gasteiger partial charge in [0.25, 0.3) is 0 Å². The number of thiophene rings is 1. The molecule has 0 spiro atoms. The zero-order chi connectivity index (χ0) is 14.7. The minimum absolute atomic E-state index is 0.241. The first-order valence-corrected chi connectivity index (χ1v) is 9.47. The van der Waals surface area contributed by atoms with E-state index in [0.717, 1.165) is 6.54 Å². The van der Waals surface area contributed by atoms with E-state index >= 15 is 0 Å². The van der Waals surface area contributed by atoms with Crippen molar-refractivity contribution in [1.29, 1.82) is 0 Å². The van der Waals surface area contributed by atoms with Crippen molar-refractivity contribution in [3.63, 3.8) is 0 Å². The molecule has 2 aromatic rings. The monoisotopic (exact) mass is 363 g/mol. The molecule has 0 aliphatic heterocycles. The van der Waals surface area contributed by atoms with Gasteiger partial charge in [0.15, 0.2) is 0 Å². The Labute approximate surface area is 139 Å². The molecular formula is C18H22BrNS. The van der Waals surface area contributed by atoms with Crippen LogP contribution < -0.4 is 5.32 Å². The number of rotatable bonds is 5. The fraction of sp³-hybridized carbons (Fsp3) is 0.444. The molecule has 1 unspecified atom stereocenters. The van der Waals surface area contributed by atoms with E-state index in [9.17, 15) is 0 Å². The van der Waals surface area contributed by atoms with Gasteiger partial charge in [0, 0.05) is 14.8 Å². The van der Waals surface area contributed by atoms with Gasteiger partial charge in [0.1, 0.15) is 0 Å². The average molecular weight is 364 g/mol. The van der Waals surface area contributed by atoms with E-state index in [0.29, 0.717) is 6.04 Å². The molecule has 1 aromatic carbocycles. The second-order valence-electron chi connectivity index (χ2n) is 5.85. The zero-order valence-electron chi connectivity index (χ0n) is 12.4. The van der Waals surface area contributed by atoms with Crippen molar-refractivity contribution < 1.29 is 0 Å². The molecule has 3 rings (SSSR count). The molecule has 1 fully saturated rings. The van der Waals surface area contributed by atoms with E-state index < -0.39 is 0 Å². The summed E-state index contributed by atoms with van der Waals surface area (Å²) in [5.74, 6) is 0. The Hall–Kier alpha value is -0.640. The van der Waals surface area contributed by atoms with Crippen molar-refractivity contribution in [2.24, 2.45) is 0 Å². The highest BCUT2D eigenvalue weighted by atomic mass is 79.9. The number of likely N-dealkylation sites (N-methyl/N-ethyl adjacent to an activating group) is 1. The van der Waals surface area contributed by atoms with Crippen LogP contribution in [0.5, 0.6) is 0 Å². The summed E-state index contributed by atoms with van der Waals surface area (Å²) in [7, 11) is 0. The quantitative estimate of drug-likeness (QED) is 0.720. The highest BCUT2D eigenvalue weighted by Crippen LogP contribution is 2.51. The fourth-order valence-electron chi connectivity index (χ4n) is 3.77. The van der Waals surface area contributed by atoms with E-state index in [4.69, 9.17) is 0 Å². The third-order valence-corrected chi connectivity index (χ3v) is 6.65. The summed E-state index contributed by atoms with van der Waals surface area (Å²) in [5, 5.41) is 5.98. The van der Waals surface area contributed by atoms with Gasteiger partial charge in [-0.1, -0.05) is 50.1 Å². The molecule has 3 heteroatoms. The molecule has 1 aliphatic rings. The lowest BCUT2D eigenvalue weighted by Crippen LogP contribution is -2.39. The van der Waals surface area contributed by atoms with E-state index in [1.165, 1.54) is 40.6 Å². The molecule has 0 amide bonds. The lowest BCUT2D eigenvalue weighted by molar-refractivity contribution is 0.308. The highest BCUT2D eigenvalue weighted by molar-refractivity contribution is 9.10. The first-order valence-electron chi connectivity index (χ1n) is 7.80. The summed E-state index contributed by atoms with van der Waals surface area (Å²) in [6, 6.07) is 13.7. The second-order valence-corrected chi connectivity index (χ2v) is 7.65. The highest BCUT2D eigenvalue weighted by Gasteiger charge is 2.44. The predicted octanol–water partition coefficient (Wildman–Crippen LogP) is 5.67. The van der Waals surface area contributed by atoms with Crippen LogP contribution in [0.1, 0.15) is 49.1 Å². The smallest absolute Gasteiger partial charge is 0.0524 e. The van der Waals surface area contributed by atoms with Gasteiger partial charge in [-0.3, -0.25) is 0 Å². The minimum atomic E-state index is 0.241. The zero-order valence-corrected chi connectivity index (χ0v) is 14.8. The lowest BCUT2D eigenvalue weighted by Gasteiger charge is -2.38. The maximum Gasteiger partial charge on any atom is 0.0524 e. The van der Waals surface area contributed by atoms with Gasteiger partial charge in [-0.05, 0) is 52.3 Å². The van der Waals surface area contributed by atoms with Gasteiger partial charge in [-0.2, -0.15) is 0 Å². The summed E-state index contributed by atoms with van der Waals surface area (Å²) >= 11 is 5.62.